The smallest absolute Gasteiger partial charge is 0.410 e. The number of fused-ring (bicyclic) bond motifs is 1. The molecular formula is C19H25N3O5. The molecule has 0 spiro atoms. The molecule has 0 aromatic rings. The molecule has 1 saturated heterocycles. The zero-order valence-electron chi connectivity index (χ0n) is 15.8. The Balaban J connectivity index is 1.73. The van der Waals surface area contributed by atoms with Gasteiger partial charge in [-0.3, -0.25) is 9.69 Å². The standard InChI is InChI=1S/C19H25N3O5/c1-19(2,3)27-18(26)21-10-8-20(9-11-21)15-12-13(17(24)25)16(23)22-7-5-4-6-14(15)22/h4-7,12,14-15H,8-11H2,1-3H3,(H,24,25). The van der Waals surface area contributed by atoms with Gasteiger partial charge in [0.2, 0.25) is 0 Å². The average Bonchev–Trinajstić information content (AvgIpc) is 2.61. The highest BCUT2D eigenvalue weighted by Gasteiger charge is 2.41. The number of nitrogens with zero attached hydrogens (tertiary/aromatic N) is 3. The van der Waals surface area contributed by atoms with Crippen molar-refractivity contribution in [2.75, 3.05) is 26.2 Å². The second kappa shape index (κ2) is 7.19. The van der Waals surface area contributed by atoms with Gasteiger partial charge in [0.15, 0.2) is 0 Å². The van der Waals surface area contributed by atoms with Crippen LogP contribution < -0.4 is 0 Å². The van der Waals surface area contributed by atoms with Crippen LogP contribution in [-0.2, 0) is 14.3 Å². The van der Waals surface area contributed by atoms with Crippen molar-refractivity contribution in [3.8, 4) is 0 Å². The summed E-state index contributed by atoms with van der Waals surface area (Å²) < 4.78 is 5.41. The first-order valence-electron chi connectivity index (χ1n) is 9.02. The Kier molecular flexibility index (Phi) is 5.10. The summed E-state index contributed by atoms with van der Waals surface area (Å²) in [6.07, 6.45) is 8.29. The van der Waals surface area contributed by atoms with E-state index in [-0.39, 0.29) is 23.8 Å². The van der Waals surface area contributed by atoms with Crippen LogP contribution in [0, 0.1) is 0 Å². The quantitative estimate of drug-likeness (QED) is 0.730. The lowest BCUT2D eigenvalue weighted by atomic mass is 9.93. The normalized spacial score (nSPS) is 25.9. The van der Waals surface area contributed by atoms with E-state index in [4.69, 9.17) is 4.74 Å². The molecule has 0 aliphatic carbocycles. The summed E-state index contributed by atoms with van der Waals surface area (Å²) in [5.41, 5.74) is -0.762. The molecule has 0 aromatic carbocycles. The third-order valence-electron chi connectivity index (χ3n) is 4.76. The Morgan fingerprint density at radius 1 is 1.11 bits per heavy atom. The SMILES string of the molecule is CC(C)(C)OC(=O)N1CCN(C2C=C(C(=O)O)C(=O)N3C=CC=CC23)CC1. The summed E-state index contributed by atoms with van der Waals surface area (Å²) in [6.45, 7) is 7.61. The van der Waals surface area contributed by atoms with Crippen LogP contribution in [0.3, 0.4) is 0 Å². The molecule has 1 fully saturated rings. The Morgan fingerprint density at radius 3 is 2.37 bits per heavy atom. The summed E-state index contributed by atoms with van der Waals surface area (Å²) in [4.78, 5) is 41.4. The molecule has 3 aliphatic rings. The van der Waals surface area contributed by atoms with Gasteiger partial charge < -0.3 is 19.6 Å². The second-order valence-electron chi connectivity index (χ2n) is 7.81. The molecule has 8 nitrogen and oxygen atoms in total. The molecule has 3 heterocycles. The van der Waals surface area contributed by atoms with E-state index in [9.17, 15) is 19.5 Å². The van der Waals surface area contributed by atoms with Gasteiger partial charge in [0.05, 0.1) is 12.1 Å². The van der Waals surface area contributed by atoms with Gasteiger partial charge in [-0.05, 0) is 32.9 Å². The van der Waals surface area contributed by atoms with Crippen LogP contribution >= 0.6 is 0 Å². The number of carbonyl (C=O) groups is 3. The van der Waals surface area contributed by atoms with Gasteiger partial charge in [0.1, 0.15) is 11.2 Å². The first-order valence-corrected chi connectivity index (χ1v) is 9.02. The highest BCUT2D eigenvalue weighted by atomic mass is 16.6. The number of rotatable bonds is 2. The average molecular weight is 375 g/mol. The van der Waals surface area contributed by atoms with Gasteiger partial charge >= 0.3 is 12.1 Å². The molecule has 3 rings (SSSR count). The van der Waals surface area contributed by atoms with Crippen molar-refractivity contribution >= 4 is 18.0 Å². The van der Waals surface area contributed by atoms with E-state index in [1.165, 1.54) is 4.90 Å². The lowest BCUT2D eigenvalue weighted by Gasteiger charge is -2.45. The zero-order valence-corrected chi connectivity index (χ0v) is 15.8. The molecule has 2 unspecified atom stereocenters. The van der Waals surface area contributed by atoms with E-state index < -0.39 is 17.5 Å². The van der Waals surface area contributed by atoms with Crippen LogP contribution in [-0.4, -0.2) is 81.6 Å². The van der Waals surface area contributed by atoms with Crippen molar-refractivity contribution in [3.05, 3.63) is 36.1 Å². The number of allylic oxidation sites excluding steroid dienone is 2. The highest BCUT2D eigenvalue weighted by Crippen LogP contribution is 2.27. The minimum Gasteiger partial charge on any atom is -0.478 e. The number of hydrogen-bond acceptors (Lipinski definition) is 5. The van der Waals surface area contributed by atoms with Crippen LogP contribution in [0.15, 0.2) is 36.1 Å². The summed E-state index contributed by atoms with van der Waals surface area (Å²) in [6, 6.07) is -0.505. The third kappa shape index (κ3) is 4.05. The number of hydrogen-bond donors (Lipinski definition) is 1. The lowest BCUT2D eigenvalue weighted by molar-refractivity contribution is -0.138. The minimum atomic E-state index is -1.22. The van der Waals surface area contributed by atoms with Crippen molar-refractivity contribution in [1.29, 1.82) is 0 Å². The van der Waals surface area contributed by atoms with Gasteiger partial charge in [-0.15, -0.1) is 0 Å². The van der Waals surface area contributed by atoms with Gasteiger partial charge in [-0.2, -0.15) is 0 Å². The fraction of sp³-hybridized carbons (Fsp3) is 0.526. The molecule has 0 bridgehead atoms. The molecule has 0 radical (unpaired) electrons. The first-order chi connectivity index (χ1) is 12.7. The van der Waals surface area contributed by atoms with Crippen LogP contribution in [0.1, 0.15) is 20.8 Å². The number of ether oxygens (including phenoxy) is 1. The molecule has 2 amide bonds. The van der Waals surface area contributed by atoms with Gasteiger partial charge in [0, 0.05) is 32.4 Å². The summed E-state index contributed by atoms with van der Waals surface area (Å²) in [5, 5.41) is 9.39. The monoisotopic (exact) mass is 375 g/mol. The van der Waals surface area contributed by atoms with Crippen molar-refractivity contribution < 1.29 is 24.2 Å². The number of carboxylic acid groups (broad SMARTS) is 1. The Morgan fingerprint density at radius 2 is 1.78 bits per heavy atom. The molecule has 146 valence electrons. The molecule has 27 heavy (non-hydrogen) atoms. The van der Waals surface area contributed by atoms with Gasteiger partial charge in [-0.1, -0.05) is 12.2 Å². The lowest BCUT2D eigenvalue weighted by Crippen LogP contribution is -2.59. The number of piperazine rings is 1. The van der Waals surface area contributed by atoms with Crippen molar-refractivity contribution in [2.45, 2.75) is 38.5 Å². The van der Waals surface area contributed by atoms with E-state index in [1.54, 1.807) is 23.3 Å². The van der Waals surface area contributed by atoms with Crippen molar-refractivity contribution in [1.82, 2.24) is 14.7 Å². The van der Waals surface area contributed by atoms with Crippen molar-refractivity contribution in [3.63, 3.8) is 0 Å². The molecule has 0 saturated carbocycles. The van der Waals surface area contributed by atoms with E-state index in [0.717, 1.165) is 0 Å². The van der Waals surface area contributed by atoms with Crippen LogP contribution in [0.2, 0.25) is 0 Å². The summed E-state index contributed by atoms with van der Waals surface area (Å²) in [5.74, 6) is -1.73. The van der Waals surface area contributed by atoms with Crippen LogP contribution in [0.4, 0.5) is 4.79 Å². The maximum atomic E-state index is 12.4. The summed E-state index contributed by atoms with van der Waals surface area (Å²) in [7, 11) is 0. The van der Waals surface area contributed by atoms with Gasteiger partial charge in [0.25, 0.3) is 5.91 Å². The van der Waals surface area contributed by atoms with E-state index in [1.807, 2.05) is 32.9 Å². The molecule has 3 aliphatic heterocycles. The maximum absolute atomic E-state index is 12.4. The fourth-order valence-corrected chi connectivity index (χ4v) is 3.49. The topological polar surface area (TPSA) is 90.4 Å². The Hall–Kier alpha value is -2.61. The molecule has 2 atom stereocenters. The van der Waals surface area contributed by atoms with Crippen LogP contribution in [0.5, 0.6) is 0 Å². The molecule has 8 heteroatoms. The second-order valence-corrected chi connectivity index (χ2v) is 7.81. The highest BCUT2D eigenvalue weighted by molar-refractivity contribution is 6.16. The zero-order chi connectivity index (χ0) is 19.8. The van der Waals surface area contributed by atoms with E-state index in [0.29, 0.717) is 26.2 Å². The molecule has 1 N–H and O–H groups in total. The maximum Gasteiger partial charge on any atom is 0.410 e. The summed E-state index contributed by atoms with van der Waals surface area (Å²) >= 11 is 0. The fourth-order valence-electron chi connectivity index (χ4n) is 3.49. The van der Waals surface area contributed by atoms with Crippen molar-refractivity contribution in [2.24, 2.45) is 0 Å². The van der Waals surface area contributed by atoms with E-state index >= 15 is 0 Å². The molecule has 0 aromatic heterocycles. The number of carbonyl (C=O) groups excluding carboxylic acids is 2. The number of carboxylic acids is 1. The first kappa shape index (κ1) is 19.2. The predicted molar refractivity (Wildman–Crippen MR) is 97.8 cm³/mol. The molecular weight excluding hydrogens is 350 g/mol. The minimum absolute atomic E-state index is 0.217. The number of aliphatic carboxylic acids is 1. The number of amides is 2. The third-order valence-corrected chi connectivity index (χ3v) is 4.76. The van der Waals surface area contributed by atoms with Crippen LogP contribution in [0.25, 0.3) is 0 Å². The Labute approximate surface area is 158 Å². The largest absolute Gasteiger partial charge is 0.478 e. The van der Waals surface area contributed by atoms with E-state index in [2.05, 4.69) is 4.90 Å². The predicted octanol–water partition coefficient (Wildman–Crippen LogP) is 1.21. The Bertz CT molecular complexity index is 726. The van der Waals surface area contributed by atoms with Gasteiger partial charge in [-0.25, -0.2) is 9.59 Å².